The summed E-state index contributed by atoms with van der Waals surface area (Å²) in [6, 6.07) is 11.1. The van der Waals surface area contributed by atoms with Crippen LogP contribution in [0.25, 0.3) is 0 Å². The third-order valence-electron chi connectivity index (χ3n) is 3.36. The summed E-state index contributed by atoms with van der Waals surface area (Å²) in [5, 5.41) is 19.7. The summed E-state index contributed by atoms with van der Waals surface area (Å²) < 4.78 is 0. The summed E-state index contributed by atoms with van der Waals surface area (Å²) in [5.41, 5.74) is 3.08. The molecule has 2 aromatic rings. The van der Waals surface area contributed by atoms with Gasteiger partial charge < -0.3 is 10.2 Å². The van der Waals surface area contributed by atoms with Crippen LogP contribution >= 0.6 is 0 Å². The van der Waals surface area contributed by atoms with Crippen LogP contribution in [0, 0.1) is 13.8 Å². The molecule has 4 heteroatoms. The van der Waals surface area contributed by atoms with Gasteiger partial charge in [0.1, 0.15) is 11.5 Å². The van der Waals surface area contributed by atoms with Gasteiger partial charge in [0.05, 0.1) is 13.1 Å². The summed E-state index contributed by atoms with van der Waals surface area (Å²) in [5.74, 6) is 0.527. The van der Waals surface area contributed by atoms with Crippen molar-refractivity contribution in [3.8, 4) is 11.5 Å². The van der Waals surface area contributed by atoms with Gasteiger partial charge in [-0.2, -0.15) is 0 Å². The van der Waals surface area contributed by atoms with E-state index in [2.05, 4.69) is 9.98 Å². The van der Waals surface area contributed by atoms with E-state index in [9.17, 15) is 10.2 Å². The van der Waals surface area contributed by atoms with Crippen LogP contribution in [0.3, 0.4) is 0 Å². The number of para-hydroxylation sites is 2. The number of aromatic hydroxyl groups is 2. The maximum atomic E-state index is 9.86. The van der Waals surface area contributed by atoms with Gasteiger partial charge >= 0.3 is 0 Å². The fourth-order valence-electron chi connectivity index (χ4n) is 2.01. The number of hydrogen-bond acceptors (Lipinski definition) is 4. The molecule has 0 radical (unpaired) electrons. The van der Waals surface area contributed by atoms with E-state index in [1.54, 1.807) is 12.4 Å². The zero-order valence-corrected chi connectivity index (χ0v) is 12.8. The number of phenolic OH excluding ortho intramolecular Hbond substituents is 2. The van der Waals surface area contributed by atoms with Gasteiger partial charge in [-0.3, -0.25) is 9.98 Å². The molecule has 4 nitrogen and oxygen atoms in total. The minimum absolute atomic E-state index is 0.263. The van der Waals surface area contributed by atoms with Gasteiger partial charge in [0.15, 0.2) is 0 Å². The van der Waals surface area contributed by atoms with Crippen LogP contribution in [0.5, 0.6) is 11.5 Å². The number of benzene rings is 2. The van der Waals surface area contributed by atoms with Crippen LogP contribution in [0.4, 0.5) is 0 Å². The fourth-order valence-corrected chi connectivity index (χ4v) is 2.01. The van der Waals surface area contributed by atoms with E-state index >= 15 is 0 Å². The minimum Gasteiger partial charge on any atom is -0.507 e. The van der Waals surface area contributed by atoms with Crippen LogP contribution in [0.15, 0.2) is 46.4 Å². The molecule has 0 amide bonds. The lowest BCUT2D eigenvalue weighted by atomic mass is 10.1. The van der Waals surface area contributed by atoms with Crippen LogP contribution in [-0.4, -0.2) is 35.7 Å². The quantitative estimate of drug-likeness (QED) is 0.657. The first-order valence-electron chi connectivity index (χ1n) is 7.16. The molecule has 2 aromatic carbocycles. The Labute approximate surface area is 130 Å². The molecule has 0 saturated carbocycles. The van der Waals surface area contributed by atoms with Crippen molar-refractivity contribution in [1.29, 1.82) is 0 Å². The first kappa shape index (κ1) is 15.8. The molecule has 22 heavy (non-hydrogen) atoms. The zero-order valence-electron chi connectivity index (χ0n) is 12.8. The van der Waals surface area contributed by atoms with Gasteiger partial charge in [0, 0.05) is 23.6 Å². The number of nitrogens with zero attached hydrogens (tertiary/aromatic N) is 2. The zero-order chi connectivity index (χ0) is 15.9. The SMILES string of the molecule is Cc1cccc(C=NCCN=Cc2cccc(C)c2O)c1O. The number of rotatable bonds is 5. The Morgan fingerprint density at radius 1 is 0.773 bits per heavy atom. The Morgan fingerprint density at radius 2 is 1.18 bits per heavy atom. The first-order valence-corrected chi connectivity index (χ1v) is 7.16. The average molecular weight is 296 g/mol. The third kappa shape index (κ3) is 3.95. The molecule has 0 atom stereocenters. The maximum absolute atomic E-state index is 9.86. The second-order valence-corrected chi connectivity index (χ2v) is 5.10. The van der Waals surface area contributed by atoms with Gasteiger partial charge in [-0.15, -0.1) is 0 Å². The maximum Gasteiger partial charge on any atom is 0.127 e. The molecular formula is C18H20N2O2. The highest BCUT2D eigenvalue weighted by Crippen LogP contribution is 2.20. The third-order valence-corrected chi connectivity index (χ3v) is 3.36. The first-order chi connectivity index (χ1) is 10.6. The summed E-state index contributed by atoms with van der Waals surface area (Å²) in [6.07, 6.45) is 3.31. The van der Waals surface area contributed by atoms with Crippen molar-refractivity contribution < 1.29 is 10.2 Å². The molecule has 0 unspecified atom stereocenters. The van der Waals surface area contributed by atoms with Gasteiger partial charge in [-0.25, -0.2) is 0 Å². The molecule has 0 spiro atoms. The molecule has 0 aliphatic rings. The van der Waals surface area contributed by atoms with Gasteiger partial charge in [0.2, 0.25) is 0 Å². The van der Waals surface area contributed by atoms with Crippen LogP contribution in [-0.2, 0) is 0 Å². The van der Waals surface area contributed by atoms with Gasteiger partial charge in [-0.05, 0) is 37.1 Å². The summed E-state index contributed by atoms with van der Waals surface area (Å²) in [6.45, 7) is 4.75. The lowest BCUT2D eigenvalue weighted by molar-refractivity contribution is 0.470. The van der Waals surface area contributed by atoms with E-state index in [1.807, 2.05) is 50.2 Å². The molecule has 0 aliphatic carbocycles. The molecule has 0 heterocycles. The minimum atomic E-state index is 0.263. The highest BCUT2D eigenvalue weighted by molar-refractivity contribution is 5.84. The predicted molar refractivity (Wildman–Crippen MR) is 90.6 cm³/mol. The second kappa shape index (κ2) is 7.41. The topological polar surface area (TPSA) is 65.2 Å². The monoisotopic (exact) mass is 296 g/mol. The molecule has 2 N–H and O–H groups in total. The van der Waals surface area contributed by atoms with E-state index in [-0.39, 0.29) is 11.5 Å². The second-order valence-electron chi connectivity index (χ2n) is 5.10. The Kier molecular flexibility index (Phi) is 5.31. The molecule has 0 aromatic heterocycles. The Morgan fingerprint density at radius 3 is 1.59 bits per heavy atom. The molecule has 0 bridgehead atoms. The van der Waals surface area contributed by atoms with Crippen molar-refractivity contribution >= 4 is 12.4 Å². The lowest BCUT2D eigenvalue weighted by Gasteiger charge is -2.02. The van der Waals surface area contributed by atoms with E-state index in [1.165, 1.54) is 0 Å². The predicted octanol–water partition coefficient (Wildman–Crippen LogP) is 3.25. The Bertz CT molecular complexity index is 645. The van der Waals surface area contributed by atoms with E-state index in [4.69, 9.17) is 0 Å². The van der Waals surface area contributed by atoms with Crippen molar-refractivity contribution in [1.82, 2.24) is 0 Å². The van der Waals surface area contributed by atoms with Crippen molar-refractivity contribution in [3.05, 3.63) is 58.7 Å². The highest BCUT2D eigenvalue weighted by Gasteiger charge is 2.00. The molecule has 0 aliphatic heterocycles. The van der Waals surface area contributed by atoms with Gasteiger partial charge in [-0.1, -0.05) is 24.3 Å². The largest absolute Gasteiger partial charge is 0.507 e. The smallest absolute Gasteiger partial charge is 0.127 e. The van der Waals surface area contributed by atoms with Crippen LogP contribution in [0.1, 0.15) is 22.3 Å². The normalized spacial score (nSPS) is 11.5. The molecule has 114 valence electrons. The van der Waals surface area contributed by atoms with Crippen molar-refractivity contribution in [3.63, 3.8) is 0 Å². The fraction of sp³-hybridized carbons (Fsp3) is 0.222. The summed E-state index contributed by atoms with van der Waals surface area (Å²) in [7, 11) is 0. The van der Waals surface area contributed by atoms with E-state index in [0.29, 0.717) is 24.2 Å². The number of phenols is 2. The van der Waals surface area contributed by atoms with Crippen LogP contribution in [0.2, 0.25) is 0 Å². The standard InChI is InChI=1S/C18H20N2O2/c1-13-5-3-7-15(17(13)21)11-19-9-10-20-12-16-8-4-6-14(2)18(16)22/h3-8,11-12,21-22H,9-10H2,1-2H3. The van der Waals surface area contributed by atoms with Crippen molar-refractivity contribution in [2.45, 2.75) is 13.8 Å². The Balaban J connectivity index is 1.89. The number of aliphatic imine (C=N–C) groups is 2. The van der Waals surface area contributed by atoms with E-state index < -0.39 is 0 Å². The molecule has 0 fully saturated rings. The molecular weight excluding hydrogens is 276 g/mol. The number of aryl methyl sites for hydroxylation is 2. The van der Waals surface area contributed by atoms with Gasteiger partial charge in [0.25, 0.3) is 0 Å². The highest BCUT2D eigenvalue weighted by atomic mass is 16.3. The lowest BCUT2D eigenvalue weighted by Crippen LogP contribution is -1.92. The number of hydrogen-bond donors (Lipinski definition) is 2. The summed E-state index contributed by atoms with van der Waals surface area (Å²) in [4.78, 5) is 8.51. The van der Waals surface area contributed by atoms with Crippen molar-refractivity contribution in [2.24, 2.45) is 9.98 Å². The van der Waals surface area contributed by atoms with Crippen LogP contribution < -0.4 is 0 Å². The Hall–Kier alpha value is -2.62. The van der Waals surface area contributed by atoms with E-state index in [0.717, 1.165) is 11.1 Å². The molecule has 0 saturated heterocycles. The molecule has 2 rings (SSSR count). The summed E-state index contributed by atoms with van der Waals surface area (Å²) >= 11 is 0. The van der Waals surface area contributed by atoms with Crippen molar-refractivity contribution in [2.75, 3.05) is 13.1 Å². The average Bonchev–Trinajstić information content (AvgIpc) is 2.51.